The lowest BCUT2D eigenvalue weighted by atomic mass is 9.79. The molecule has 1 aromatic rings. The first kappa shape index (κ1) is 24.9. The third-order valence-electron chi connectivity index (χ3n) is 5.02. The molecular weight excluding hydrogens is 443 g/mol. The minimum Gasteiger partial charge on any atom is -0.492 e. The number of piperidine rings is 1. The van der Waals surface area contributed by atoms with E-state index in [4.69, 9.17) is 14.6 Å². The first-order chi connectivity index (χ1) is 14.4. The Hall–Kier alpha value is -2.38. The van der Waals surface area contributed by atoms with E-state index in [1.807, 2.05) is 0 Å². The fraction of sp³-hybridized carbons (Fsp3) is 0.556. The van der Waals surface area contributed by atoms with Crippen LogP contribution in [-0.4, -0.2) is 75.7 Å². The molecule has 1 aromatic carbocycles. The number of para-hydroxylation sites is 1. The quantitative estimate of drug-likeness (QED) is 0.588. The first-order valence-electron chi connectivity index (χ1n) is 9.35. The highest BCUT2D eigenvalue weighted by Gasteiger charge is 2.42. The summed E-state index contributed by atoms with van der Waals surface area (Å²) in [4.78, 5) is 20.9. The van der Waals surface area contributed by atoms with Gasteiger partial charge in [0.1, 0.15) is 10.6 Å². The number of hydrogen-bond donors (Lipinski definition) is 3. The van der Waals surface area contributed by atoms with Crippen LogP contribution < -0.4 is 15.4 Å². The van der Waals surface area contributed by atoms with Gasteiger partial charge < -0.3 is 20.5 Å². The summed E-state index contributed by atoms with van der Waals surface area (Å²) in [6, 6.07) is 6.63. The molecule has 3 N–H and O–H groups in total. The molecule has 0 bridgehead atoms. The Kier molecular flexibility index (Phi) is 7.89. The SMILES string of the molecule is CNC(=O)CN1CC2(CCNCC2)COc2ccccc2S1(=O)=O.O=C(O)C(F)(F)F. The van der Waals surface area contributed by atoms with Crippen LogP contribution in [0.5, 0.6) is 5.75 Å². The number of alkyl halides is 3. The van der Waals surface area contributed by atoms with Gasteiger partial charge in [-0.25, -0.2) is 13.2 Å². The summed E-state index contributed by atoms with van der Waals surface area (Å²) in [6.45, 7) is 2.20. The largest absolute Gasteiger partial charge is 0.492 e. The number of carbonyl (C=O) groups excluding carboxylic acids is 1. The monoisotopic (exact) mass is 467 g/mol. The van der Waals surface area contributed by atoms with Crippen LogP contribution in [0.25, 0.3) is 0 Å². The predicted octanol–water partition coefficient (Wildman–Crippen LogP) is 0.819. The minimum absolute atomic E-state index is 0.123. The Labute approximate surface area is 177 Å². The van der Waals surface area contributed by atoms with Crippen molar-refractivity contribution in [3.63, 3.8) is 0 Å². The number of nitrogens with one attached hydrogen (secondary N) is 2. The van der Waals surface area contributed by atoms with E-state index in [1.165, 1.54) is 17.4 Å². The molecular formula is C18H24F3N3O6S. The zero-order valence-electron chi connectivity index (χ0n) is 16.7. The Morgan fingerprint density at radius 3 is 2.39 bits per heavy atom. The molecule has 1 spiro atoms. The van der Waals surface area contributed by atoms with Crippen molar-refractivity contribution in [2.45, 2.75) is 23.9 Å². The Bertz CT molecular complexity index is 901. The first-order valence-corrected chi connectivity index (χ1v) is 10.8. The van der Waals surface area contributed by atoms with Crippen molar-refractivity contribution in [3.8, 4) is 5.75 Å². The van der Waals surface area contributed by atoms with Crippen molar-refractivity contribution >= 4 is 21.9 Å². The molecule has 1 fully saturated rings. The fourth-order valence-electron chi connectivity index (χ4n) is 3.30. The van der Waals surface area contributed by atoms with Gasteiger partial charge in [0.2, 0.25) is 15.9 Å². The van der Waals surface area contributed by atoms with E-state index in [2.05, 4.69) is 10.6 Å². The van der Waals surface area contributed by atoms with Gasteiger partial charge in [-0.3, -0.25) is 4.79 Å². The van der Waals surface area contributed by atoms with E-state index >= 15 is 0 Å². The van der Waals surface area contributed by atoms with Gasteiger partial charge in [-0.05, 0) is 38.1 Å². The minimum atomic E-state index is -5.08. The Morgan fingerprint density at radius 2 is 1.84 bits per heavy atom. The number of carbonyl (C=O) groups is 2. The van der Waals surface area contributed by atoms with E-state index < -0.39 is 22.2 Å². The van der Waals surface area contributed by atoms with Gasteiger partial charge in [0.05, 0.1) is 13.2 Å². The van der Waals surface area contributed by atoms with Crippen molar-refractivity contribution in [1.29, 1.82) is 0 Å². The molecule has 1 amide bonds. The highest BCUT2D eigenvalue weighted by atomic mass is 32.2. The summed E-state index contributed by atoms with van der Waals surface area (Å²) in [5.74, 6) is -2.72. The summed E-state index contributed by atoms with van der Waals surface area (Å²) in [5.41, 5.74) is -0.278. The lowest BCUT2D eigenvalue weighted by Gasteiger charge is -2.42. The molecule has 31 heavy (non-hydrogen) atoms. The van der Waals surface area contributed by atoms with Gasteiger partial charge in [-0.2, -0.15) is 17.5 Å². The lowest BCUT2D eigenvalue weighted by Crippen LogP contribution is -2.52. The van der Waals surface area contributed by atoms with Crippen molar-refractivity contribution in [3.05, 3.63) is 24.3 Å². The highest BCUT2D eigenvalue weighted by Crippen LogP contribution is 2.37. The molecule has 9 nitrogen and oxygen atoms in total. The standard InChI is InChI=1S/C16H23N3O4S.C2HF3O2/c1-17-15(20)10-19-11-16(6-8-18-9-7-16)12-23-13-4-2-3-5-14(13)24(19,21)22;3-2(4,5)1(6)7/h2-5,18H,6-12H2,1H3,(H,17,20);(H,6,7). The van der Waals surface area contributed by atoms with Gasteiger partial charge in [0, 0.05) is 19.0 Å². The number of sulfonamides is 1. The average molecular weight is 467 g/mol. The van der Waals surface area contributed by atoms with Crippen molar-refractivity contribution in [2.24, 2.45) is 5.41 Å². The fourth-order valence-corrected chi connectivity index (χ4v) is 4.94. The van der Waals surface area contributed by atoms with Gasteiger partial charge in [-0.1, -0.05) is 12.1 Å². The zero-order chi connectivity index (χ0) is 23.3. The number of fused-ring (bicyclic) bond motifs is 1. The predicted molar refractivity (Wildman–Crippen MR) is 103 cm³/mol. The lowest BCUT2D eigenvalue weighted by molar-refractivity contribution is -0.192. The number of likely N-dealkylation sites (N-methyl/N-ethyl adjacent to an activating group) is 1. The number of aliphatic carboxylic acids is 1. The second-order valence-corrected chi connectivity index (χ2v) is 9.14. The van der Waals surface area contributed by atoms with Crippen LogP contribution in [-0.2, 0) is 19.6 Å². The molecule has 0 radical (unpaired) electrons. The topological polar surface area (TPSA) is 125 Å². The second kappa shape index (κ2) is 9.83. The van der Waals surface area contributed by atoms with Gasteiger partial charge in [-0.15, -0.1) is 0 Å². The average Bonchev–Trinajstić information content (AvgIpc) is 2.72. The number of benzene rings is 1. The third kappa shape index (κ3) is 6.31. The van der Waals surface area contributed by atoms with Crippen molar-refractivity contribution in [1.82, 2.24) is 14.9 Å². The molecule has 0 unspecified atom stereocenters. The number of halogens is 3. The van der Waals surface area contributed by atoms with Crippen LogP contribution in [0.3, 0.4) is 0 Å². The maximum atomic E-state index is 13.1. The Balaban J connectivity index is 0.000000423. The van der Waals surface area contributed by atoms with Gasteiger partial charge >= 0.3 is 12.1 Å². The number of rotatable bonds is 2. The molecule has 2 aliphatic heterocycles. The Morgan fingerprint density at radius 1 is 1.26 bits per heavy atom. The number of hydrogen-bond acceptors (Lipinski definition) is 6. The van der Waals surface area contributed by atoms with E-state index in [0.29, 0.717) is 18.9 Å². The van der Waals surface area contributed by atoms with E-state index in [-0.39, 0.29) is 22.8 Å². The van der Waals surface area contributed by atoms with Crippen molar-refractivity contribution < 1.29 is 41.0 Å². The van der Waals surface area contributed by atoms with Crippen LogP contribution in [0.2, 0.25) is 0 Å². The number of amides is 1. The van der Waals surface area contributed by atoms with Crippen LogP contribution in [0.4, 0.5) is 13.2 Å². The molecule has 0 atom stereocenters. The van der Waals surface area contributed by atoms with Gasteiger partial charge in [0.15, 0.2) is 0 Å². The van der Waals surface area contributed by atoms with E-state index in [0.717, 1.165) is 25.9 Å². The van der Waals surface area contributed by atoms with Gasteiger partial charge in [0.25, 0.3) is 0 Å². The smallest absolute Gasteiger partial charge is 0.490 e. The number of carboxylic acid groups (broad SMARTS) is 1. The molecule has 3 rings (SSSR count). The maximum Gasteiger partial charge on any atom is 0.490 e. The number of nitrogens with zero attached hydrogens (tertiary/aromatic N) is 1. The summed E-state index contributed by atoms with van der Waals surface area (Å²) in [5, 5.41) is 12.9. The number of carboxylic acids is 1. The molecule has 1 saturated heterocycles. The molecule has 0 aromatic heterocycles. The third-order valence-corrected chi connectivity index (χ3v) is 6.85. The zero-order valence-corrected chi connectivity index (χ0v) is 17.6. The molecule has 2 heterocycles. The maximum absolute atomic E-state index is 13.1. The molecule has 0 aliphatic carbocycles. The second-order valence-electron chi connectivity index (χ2n) is 7.23. The van der Waals surface area contributed by atoms with Crippen LogP contribution in [0, 0.1) is 5.41 Å². The van der Waals surface area contributed by atoms with Crippen LogP contribution >= 0.6 is 0 Å². The molecule has 2 aliphatic rings. The van der Waals surface area contributed by atoms with Crippen LogP contribution in [0.15, 0.2) is 29.2 Å². The van der Waals surface area contributed by atoms with Crippen LogP contribution in [0.1, 0.15) is 12.8 Å². The molecule has 13 heteroatoms. The summed E-state index contributed by atoms with van der Waals surface area (Å²) in [6.07, 6.45) is -3.45. The summed E-state index contributed by atoms with van der Waals surface area (Å²) >= 11 is 0. The van der Waals surface area contributed by atoms with E-state index in [9.17, 15) is 26.4 Å². The summed E-state index contributed by atoms with van der Waals surface area (Å²) < 4.78 is 65.2. The normalized spacial score (nSPS) is 20.1. The van der Waals surface area contributed by atoms with Crippen molar-refractivity contribution in [2.75, 3.05) is 39.8 Å². The summed E-state index contributed by atoms with van der Waals surface area (Å²) in [7, 11) is -2.29. The van der Waals surface area contributed by atoms with E-state index in [1.54, 1.807) is 18.2 Å². The molecule has 174 valence electrons. The highest BCUT2D eigenvalue weighted by molar-refractivity contribution is 7.89. The molecule has 0 saturated carbocycles. The number of ether oxygens (including phenoxy) is 1.